The zero-order valence-electron chi connectivity index (χ0n) is 19.3. The second-order valence-corrected chi connectivity index (χ2v) is 9.01. The first-order valence-electron chi connectivity index (χ1n) is 11.7. The Morgan fingerprint density at radius 1 is 0.879 bits per heavy atom. The van der Waals surface area contributed by atoms with Gasteiger partial charge in [-0.3, -0.25) is 0 Å². The summed E-state index contributed by atoms with van der Waals surface area (Å²) in [4.78, 5) is 2.25. The lowest BCUT2D eigenvalue weighted by molar-refractivity contribution is -0.0317. The van der Waals surface area contributed by atoms with E-state index in [9.17, 15) is 0 Å². The maximum absolute atomic E-state index is 6.85. The van der Waals surface area contributed by atoms with Gasteiger partial charge in [-0.05, 0) is 48.1 Å². The summed E-state index contributed by atoms with van der Waals surface area (Å²) in [5.74, 6) is 3.03. The van der Waals surface area contributed by atoms with Crippen LogP contribution in [0.15, 0.2) is 36.4 Å². The molecule has 0 amide bonds. The summed E-state index contributed by atoms with van der Waals surface area (Å²) in [7, 11) is 5.49. The highest BCUT2D eigenvalue weighted by atomic mass is 16.7. The molecule has 1 atom stereocenters. The van der Waals surface area contributed by atoms with E-state index in [2.05, 4.69) is 42.3 Å². The average Bonchev–Trinajstić information content (AvgIpc) is 3.31. The highest BCUT2D eigenvalue weighted by molar-refractivity contribution is 6.05. The quantitative estimate of drug-likeness (QED) is 0.485. The van der Waals surface area contributed by atoms with Crippen molar-refractivity contribution < 1.29 is 23.7 Å². The van der Waals surface area contributed by atoms with Crippen LogP contribution in [0.25, 0.3) is 21.9 Å². The lowest BCUT2D eigenvalue weighted by Crippen LogP contribution is -2.34. The molecular weight excluding hydrogens is 418 g/mol. The summed E-state index contributed by atoms with van der Waals surface area (Å²) in [5.41, 5.74) is 4.41. The van der Waals surface area contributed by atoms with E-state index >= 15 is 0 Å². The minimum atomic E-state index is -0.281. The number of ether oxygens (including phenoxy) is 5. The lowest BCUT2D eigenvalue weighted by Gasteiger charge is -2.41. The molecule has 1 aliphatic carbocycles. The minimum absolute atomic E-state index is 0.229. The molecule has 1 unspecified atom stereocenters. The fourth-order valence-electron chi connectivity index (χ4n) is 5.58. The Balaban J connectivity index is 1.58. The van der Waals surface area contributed by atoms with Crippen molar-refractivity contribution in [3.63, 3.8) is 0 Å². The standard InChI is InChI=1S/C27H29NO5/c1-28-25-19(10-9-16-13-22-23(14-20(16)25)32-15-31-22)18-11-12-21(29-2)26(30-3)24(18)27(28)33-17-7-5-4-6-8-17/h9-14,17,27H,4-8,15H2,1-3H3. The van der Waals surface area contributed by atoms with Gasteiger partial charge in [0.05, 0.1) is 31.6 Å². The van der Waals surface area contributed by atoms with Crippen molar-refractivity contribution in [3.05, 3.63) is 42.0 Å². The fraction of sp³-hybridized carbons (Fsp3) is 0.407. The Kier molecular flexibility index (Phi) is 4.98. The molecule has 6 nitrogen and oxygen atoms in total. The van der Waals surface area contributed by atoms with Crippen LogP contribution in [0.1, 0.15) is 43.9 Å². The van der Waals surface area contributed by atoms with Crippen molar-refractivity contribution in [1.82, 2.24) is 0 Å². The van der Waals surface area contributed by atoms with E-state index in [1.165, 1.54) is 19.3 Å². The molecule has 0 spiro atoms. The zero-order chi connectivity index (χ0) is 22.5. The third-order valence-corrected chi connectivity index (χ3v) is 7.18. The molecule has 6 heteroatoms. The van der Waals surface area contributed by atoms with Gasteiger partial charge in [0.25, 0.3) is 0 Å². The first-order chi connectivity index (χ1) is 16.2. The number of methoxy groups -OCH3 is 2. The Morgan fingerprint density at radius 3 is 2.39 bits per heavy atom. The number of hydrogen-bond acceptors (Lipinski definition) is 6. The number of rotatable bonds is 4. The Morgan fingerprint density at radius 2 is 1.64 bits per heavy atom. The number of anilines is 1. The molecule has 1 fully saturated rings. The van der Waals surface area contributed by atoms with Crippen LogP contribution in [0.5, 0.6) is 23.0 Å². The van der Waals surface area contributed by atoms with Gasteiger partial charge in [0.15, 0.2) is 29.2 Å². The lowest BCUT2D eigenvalue weighted by atomic mass is 9.88. The monoisotopic (exact) mass is 447 g/mol. The molecule has 0 aromatic heterocycles. The van der Waals surface area contributed by atoms with E-state index < -0.39 is 0 Å². The largest absolute Gasteiger partial charge is 0.493 e. The van der Waals surface area contributed by atoms with Gasteiger partial charge in [-0.2, -0.15) is 0 Å². The predicted octanol–water partition coefficient (Wildman–Crippen LogP) is 6.05. The second kappa shape index (κ2) is 8.03. The van der Waals surface area contributed by atoms with E-state index in [1.807, 2.05) is 6.07 Å². The summed E-state index contributed by atoms with van der Waals surface area (Å²) in [5, 5.41) is 2.24. The van der Waals surface area contributed by atoms with Crippen LogP contribution in [0, 0.1) is 0 Å². The van der Waals surface area contributed by atoms with Crippen molar-refractivity contribution in [2.24, 2.45) is 0 Å². The Hall–Kier alpha value is -3.12. The molecule has 6 rings (SSSR count). The average molecular weight is 448 g/mol. The summed E-state index contributed by atoms with van der Waals surface area (Å²) in [6, 6.07) is 12.6. The maximum Gasteiger partial charge on any atom is 0.231 e. The van der Waals surface area contributed by atoms with Crippen LogP contribution in [-0.2, 0) is 4.74 Å². The van der Waals surface area contributed by atoms with Crippen LogP contribution < -0.4 is 23.8 Å². The van der Waals surface area contributed by atoms with Crippen LogP contribution in [-0.4, -0.2) is 34.2 Å². The molecule has 3 aromatic rings. The number of benzene rings is 3. The second-order valence-electron chi connectivity index (χ2n) is 9.01. The normalized spacial score (nSPS) is 19.4. The highest BCUT2D eigenvalue weighted by Gasteiger charge is 2.37. The van der Waals surface area contributed by atoms with E-state index in [1.54, 1.807) is 14.2 Å². The van der Waals surface area contributed by atoms with E-state index in [4.69, 9.17) is 23.7 Å². The SMILES string of the molecule is COc1ccc2c(c1OC)C(OC1CCCCC1)N(C)c1c-2ccc2cc3c(cc12)OCO3. The third kappa shape index (κ3) is 3.19. The van der Waals surface area contributed by atoms with Gasteiger partial charge in [-0.1, -0.05) is 31.4 Å². The van der Waals surface area contributed by atoms with E-state index in [-0.39, 0.29) is 19.1 Å². The summed E-state index contributed by atoms with van der Waals surface area (Å²) < 4.78 is 29.7. The number of nitrogens with zero attached hydrogens (tertiary/aromatic N) is 1. The van der Waals surface area contributed by atoms with Crippen LogP contribution >= 0.6 is 0 Å². The van der Waals surface area contributed by atoms with Crippen LogP contribution in [0.4, 0.5) is 5.69 Å². The van der Waals surface area contributed by atoms with Gasteiger partial charge in [0.2, 0.25) is 6.79 Å². The Bertz CT molecular complexity index is 1220. The van der Waals surface area contributed by atoms with Gasteiger partial charge in [0, 0.05) is 18.0 Å². The topological polar surface area (TPSA) is 49.4 Å². The van der Waals surface area contributed by atoms with Gasteiger partial charge in [0.1, 0.15) is 0 Å². The molecule has 2 heterocycles. The van der Waals surface area contributed by atoms with Crippen molar-refractivity contribution in [2.75, 3.05) is 33.0 Å². The molecule has 33 heavy (non-hydrogen) atoms. The van der Waals surface area contributed by atoms with Crippen molar-refractivity contribution in [2.45, 2.75) is 44.4 Å². The molecule has 0 saturated heterocycles. The fourth-order valence-corrected chi connectivity index (χ4v) is 5.58. The highest BCUT2D eigenvalue weighted by Crippen LogP contribution is 2.54. The van der Waals surface area contributed by atoms with E-state index in [0.29, 0.717) is 0 Å². The molecule has 0 N–H and O–H groups in total. The van der Waals surface area contributed by atoms with Gasteiger partial charge in [-0.15, -0.1) is 0 Å². The summed E-state index contributed by atoms with van der Waals surface area (Å²) in [6.45, 7) is 0.261. The van der Waals surface area contributed by atoms with Crippen molar-refractivity contribution in [3.8, 4) is 34.1 Å². The van der Waals surface area contributed by atoms with Crippen LogP contribution in [0.3, 0.4) is 0 Å². The van der Waals surface area contributed by atoms with Crippen molar-refractivity contribution >= 4 is 16.5 Å². The summed E-state index contributed by atoms with van der Waals surface area (Å²) >= 11 is 0. The first-order valence-corrected chi connectivity index (χ1v) is 11.7. The maximum atomic E-state index is 6.85. The Labute approximate surface area is 193 Å². The smallest absolute Gasteiger partial charge is 0.231 e. The molecular formula is C27H29NO5. The number of fused-ring (bicyclic) bond motifs is 6. The van der Waals surface area contributed by atoms with Crippen LogP contribution in [0.2, 0.25) is 0 Å². The zero-order valence-corrected chi connectivity index (χ0v) is 19.3. The molecule has 1 saturated carbocycles. The molecule has 3 aromatic carbocycles. The molecule has 0 bridgehead atoms. The van der Waals surface area contributed by atoms with Crippen molar-refractivity contribution in [1.29, 1.82) is 0 Å². The molecule has 0 radical (unpaired) electrons. The molecule has 2 aliphatic heterocycles. The predicted molar refractivity (Wildman–Crippen MR) is 128 cm³/mol. The molecule has 172 valence electrons. The third-order valence-electron chi connectivity index (χ3n) is 7.18. The van der Waals surface area contributed by atoms with Gasteiger partial charge < -0.3 is 28.6 Å². The van der Waals surface area contributed by atoms with Gasteiger partial charge in [-0.25, -0.2) is 0 Å². The number of hydrogen-bond donors (Lipinski definition) is 0. The minimum Gasteiger partial charge on any atom is -0.493 e. The summed E-state index contributed by atoms with van der Waals surface area (Å²) in [6.07, 6.45) is 5.84. The van der Waals surface area contributed by atoms with E-state index in [0.717, 1.165) is 69.0 Å². The van der Waals surface area contributed by atoms with Gasteiger partial charge >= 0.3 is 0 Å². The molecule has 3 aliphatic rings. The first kappa shape index (κ1) is 20.5.